The van der Waals surface area contributed by atoms with E-state index in [-0.39, 0.29) is 45.1 Å². The number of benzene rings is 3. The SMILES string of the molecule is COC(=O)Nc1cc2onc(C(=O)Nc3ccc(C#N)cc3C(=O)O)c2cc1-c1cc(NC(C)=O)ccc1OC. The van der Waals surface area contributed by atoms with Crippen LogP contribution in [0.3, 0.4) is 0 Å². The number of nitrogens with zero attached hydrogens (tertiary/aromatic N) is 2. The first-order valence-corrected chi connectivity index (χ1v) is 11.5. The monoisotopic (exact) mass is 543 g/mol. The molecular formula is C27H21N5O8. The lowest BCUT2D eigenvalue weighted by atomic mass is 9.99. The molecule has 4 aromatic rings. The van der Waals surface area contributed by atoms with Crippen molar-refractivity contribution in [1.29, 1.82) is 5.26 Å². The van der Waals surface area contributed by atoms with Gasteiger partial charge >= 0.3 is 12.1 Å². The van der Waals surface area contributed by atoms with E-state index >= 15 is 0 Å². The molecule has 4 N–H and O–H groups in total. The van der Waals surface area contributed by atoms with Crippen LogP contribution in [0.4, 0.5) is 21.9 Å². The first kappa shape index (κ1) is 27.1. The third kappa shape index (κ3) is 5.50. The first-order valence-electron chi connectivity index (χ1n) is 11.5. The molecule has 4 rings (SSSR count). The van der Waals surface area contributed by atoms with Gasteiger partial charge in [0.05, 0.1) is 48.2 Å². The highest BCUT2D eigenvalue weighted by molar-refractivity contribution is 6.14. The van der Waals surface area contributed by atoms with Crippen LogP contribution in [-0.4, -0.2) is 48.4 Å². The van der Waals surface area contributed by atoms with Crippen LogP contribution in [0, 0.1) is 11.3 Å². The number of aromatic nitrogens is 1. The van der Waals surface area contributed by atoms with Gasteiger partial charge in [0.1, 0.15) is 5.75 Å². The van der Waals surface area contributed by atoms with E-state index in [0.29, 0.717) is 22.6 Å². The Kier molecular flexibility index (Phi) is 7.62. The number of carboxylic acid groups (broad SMARTS) is 1. The van der Waals surface area contributed by atoms with Gasteiger partial charge < -0.3 is 29.7 Å². The van der Waals surface area contributed by atoms with E-state index in [0.717, 1.165) is 6.07 Å². The number of carbonyl (C=O) groups is 4. The summed E-state index contributed by atoms with van der Waals surface area (Å²) in [6, 6.07) is 13.5. The van der Waals surface area contributed by atoms with Crippen molar-refractivity contribution < 1.29 is 38.3 Å². The van der Waals surface area contributed by atoms with E-state index in [1.165, 1.54) is 45.4 Å². The molecule has 0 saturated carbocycles. The van der Waals surface area contributed by atoms with Crippen LogP contribution >= 0.6 is 0 Å². The van der Waals surface area contributed by atoms with Crippen molar-refractivity contribution in [2.75, 3.05) is 30.2 Å². The summed E-state index contributed by atoms with van der Waals surface area (Å²) in [5.41, 5.74) is 1.17. The zero-order valence-electron chi connectivity index (χ0n) is 21.3. The van der Waals surface area contributed by atoms with E-state index < -0.39 is 18.0 Å². The maximum absolute atomic E-state index is 13.2. The Bertz CT molecular complexity index is 1720. The minimum Gasteiger partial charge on any atom is -0.496 e. The van der Waals surface area contributed by atoms with Crippen molar-refractivity contribution in [3.8, 4) is 22.9 Å². The zero-order chi connectivity index (χ0) is 29.0. The van der Waals surface area contributed by atoms with E-state index in [9.17, 15) is 24.3 Å². The van der Waals surface area contributed by atoms with Crippen molar-refractivity contribution >= 4 is 51.9 Å². The number of nitriles is 1. The van der Waals surface area contributed by atoms with Gasteiger partial charge in [-0.05, 0) is 42.5 Å². The lowest BCUT2D eigenvalue weighted by molar-refractivity contribution is -0.114. The van der Waals surface area contributed by atoms with Gasteiger partial charge in [0.2, 0.25) is 5.91 Å². The molecule has 0 atom stereocenters. The van der Waals surface area contributed by atoms with Crippen molar-refractivity contribution in [3.63, 3.8) is 0 Å². The van der Waals surface area contributed by atoms with E-state index in [4.69, 9.17) is 19.3 Å². The summed E-state index contributed by atoms with van der Waals surface area (Å²) < 4.78 is 15.6. The smallest absolute Gasteiger partial charge is 0.411 e. The lowest BCUT2D eigenvalue weighted by Gasteiger charge is -2.15. The summed E-state index contributed by atoms with van der Waals surface area (Å²) in [5.74, 6) is -2.05. The lowest BCUT2D eigenvalue weighted by Crippen LogP contribution is -2.16. The molecule has 13 heteroatoms. The van der Waals surface area contributed by atoms with Gasteiger partial charge in [0, 0.05) is 29.8 Å². The van der Waals surface area contributed by atoms with Crippen molar-refractivity contribution in [2.45, 2.75) is 6.92 Å². The molecule has 3 amide bonds. The molecule has 0 saturated heterocycles. The maximum Gasteiger partial charge on any atom is 0.411 e. The second kappa shape index (κ2) is 11.2. The first-order chi connectivity index (χ1) is 19.1. The van der Waals surface area contributed by atoms with Crippen LogP contribution in [0.25, 0.3) is 22.1 Å². The van der Waals surface area contributed by atoms with Gasteiger partial charge in [-0.1, -0.05) is 5.16 Å². The van der Waals surface area contributed by atoms with Crippen LogP contribution in [0.2, 0.25) is 0 Å². The normalized spacial score (nSPS) is 10.3. The van der Waals surface area contributed by atoms with Crippen LogP contribution in [0.1, 0.15) is 33.3 Å². The van der Waals surface area contributed by atoms with Crippen LogP contribution in [-0.2, 0) is 9.53 Å². The van der Waals surface area contributed by atoms with Gasteiger partial charge in [-0.15, -0.1) is 0 Å². The average molecular weight is 543 g/mol. The number of amides is 3. The Labute approximate surface area is 226 Å². The number of hydrogen-bond acceptors (Lipinski definition) is 9. The number of anilines is 3. The maximum atomic E-state index is 13.2. The molecule has 3 aromatic carbocycles. The molecule has 1 heterocycles. The number of fused-ring (bicyclic) bond motifs is 1. The Morgan fingerprint density at radius 3 is 2.38 bits per heavy atom. The highest BCUT2D eigenvalue weighted by Gasteiger charge is 2.23. The molecule has 0 aliphatic rings. The van der Waals surface area contributed by atoms with Crippen molar-refractivity contribution in [3.05, 3.63) is 65.4 Å². The summed E-state index contributed by atoms with van der Waals surface area (Å²) in [6.45, 7) is 1.35. The zero-order valence-corrected chi connectivity index (χ0v) is 21.3. The summed E-state index contributed by atoms with van der Waals surface area (Å²) in [6.07, 6.45) is -0.780. The molecule has 0 unspecified atom stereocenters. The van der Waals surface area contributed by atoms with Gasteiger partial charge in [-0.2, -0.15) is 5.26 Å². The highest BCUT2D eigenvalue weighted by atomic mass is 16.5. The summed E-state index contributed by atoms with van der Waals surface area (Å²) in [7, 11) is 2.63. The molecule has 0 aliphatic heterocycles. The molecule has 0 radical (unpaired) electrons. The highest BCUT2D eigenvalue weighted by Crippen LogP contribution is 2.40. The molecule has 0 spiro atoms. The van der Waals surface area contributed by atoms with Crippen molar-refractivity contribution in [2.24, 2.45) is 0 Å². The van der Waals surface area contributed by atoms with Crippen LogP contribution in [0.15, 0.2) is 53.1 Å². The summed E-state index contributed by atoms with van der Waals surface area (Å²) >= 11 is 0. The van der Waals surface area contributed by atoms with Crippen molar-refractivity contribution in [1.82, 2.24) is 5.16 Å². The fraction of sp³-hybridized carbons (Fsp3) is 0.111. The van der Waals surface area contributed by atoms with Crippen LogP contribution < -0.4 is 20.7 Å². The minimum absolute atomic E-state index is 0.0541. The van der Waals surface area contributed by atoms with Gasteiger partial charge in [-0.25, -0.2) is 9.59 Å². The third-order valence-electron chi connectivity index (χ3n) is 5.68. The predicted octanol–water partition coefficient (Wildman–Crippen LogP) is 4.46. The predicted molar refractivity (Wildman–Crippen MR) is 142 cm³/mol. The molecule has 13 nitrogen and oxygen atoms in total. The Morgan fingerprint density at radius 1 is 0.950 bits per heavy atom. The second-order valence-corrected chi connectivity index (χ2v) is 8.27. The topological polar surface area (TPSA) is 193 Å². The molecule has 0 bridgehead atoms. The number of nitrogens with one attached hydrogen (secondary N) is 3. The average Bonchev–Trinajstić information content (AvgIpc) is 3.35. The fourth-order valence-corrected chi connectivity index (χ4v) is 3.92. The van der Waals surface area contributed by atoms with E-state index in [1.807, 2.05) is 6.07 Å². The van der Waals surface area contributed by atoms with Gasteiger partial charge in [0.25, 0.3) is 5.91 Å². The van der Waals surface area contributed by atoms with Crippen LogP contribution in [0.5, 0.6) is 5.75 Å². The minimum atomic E-state index is -1.34. The molecule has 202 valence electrons. The Morgan fingerprint density at radius 2 is 1.73 bits per heavy atom. The number of methoxy groups -OCH3 is 2. The molecule has 1 aromatic heterocycles. The largest absolute Gasteiger partial charge is 0.496 e. The molecule has 0 aliphatic carbocycles. The number of carbonyl (C=O) groups excluding carboxylic acids is 3. The number of aromatic carboxylic acids is 1. The van der Waals surface area contributed by atoms with E-state index in [2.05, 4.69) is 21.1 Å². The summed E-state index contributed by atoms with van der Waals surface area (Å²) in [4.78, 5) is 48.7. The molecule has 0 fully saturated rings. The fourth-order valence-electron chi connectivity index (χ4n) is 3.92. The summed E-state index contributed by atoms with van der Waals surface area (Å²) in [5, 5.41) is 30.5. The second-order valence-electron chi connectivity index (χ2n) is 8.27. The quantitative estimate of drug-likeness (QED) is 0.258. The Balaban J connectivity index is 1.86. The number of carboxylic acids is 1. The number of rotatable bonds is 7. The molecular weight excluding hydrogens is 522 g/mol. The number of hydrogen-bond donors (Lipinski definition) is 4. The van der Waals surface area contributed by atoms with Gasteiger partial charge in [-0.3, -0.25) is 14.9 Å². The van der Waals surface area contributed by atoms with Gasteiger partial charge in [0.15, 0.2) is 11.3 Å². The Hall–Kier alpha value is -5.90. The van der Waals surface area contributed by atoms with E-state index in [1.54, 1.807) is 18.2 Å². The standard InChI is InChI=1S/C27H21N5O8/c1-13(33)29-15-5-7-22(38-2)17(9-15)16-10-19-23(11-21(16)31-27(37)39-3)40-32-24(19)25(34)30-20-6-4-14(12-28)8-18(20)26(35)36/h4-11H,1-3H3,(H,29,33)(H,30,34)(H,31,37)(H,35,36). The number of ether oxygens (including phenoxy) is 2. The third-order valence-corrected chi connectivity index (χ3v) is 5.68. The molecule has 40 heavy (non-hydrogen) atoms.